The van der Waals surface area contributed by atoms with E-state index in [9.17, 15) is 0 Å². The molecule has 0 amide bonds. The van der Waals surface area contributed by atoms with Gasteiger partial charge in [0.05, 0.1) is 0 Å². The number of nitrogens with one attached hydrogen (secondary N) is 1. The standard InChI is InChI=1S/C15H25ClN4/c1-3-7-13-14(16)18-11-19-15(13)17-10-12(2)20-8-5-4-6-9-20/h11-12H,3-10H2,1-2H3,(H,17,18,19). The van der Waals surface area contributed by atoms with Gasteiger partial charge >= 0.3 is 0 Å². The minimum Gasteiger partial charge on any atom is -0.368 e. The third kappa shape index (κ3) is 4.06. The average Bonchev–Trinajstić information content (AvgIpc) is 2.48. The molecule has 1 aromatic heterocycles. The lowest BCUT2D eigenvalue weighted by Crippen LogP contribution is -2.41. The number of likely N-dealkylation sites (tertiary alicyclic amines) is 1. The summed E-state index contributed by atoms with van der Waals surface area (Å²) in [5.74, 6) is 0.899. The Morgan fingerprint density at radius 3 is 2.75 bits per heavy atom. The van der Waals surface area contributed by atoms with E-state index in [1.54, 1.807) is 0 Å². The van der Waals surface area contributed by atoms with E-state index >= 15 is 0 Å². The van der Waals surface area contributed by atoms with Crippen molar-refractivity contribution in [3.63, 3.8) is 0 Å². The molecule has 4 nitrogen and oxygen atoms in total. The van der Waals surface area contributed by atoms with Crippen molar-refractivity contribution < 1.29 is 0 Å². The maximum atomic E-state index is 6.17. The van der Waals surface area contributed by atoms with Gasteiger partial charge in [0.1, 0.15) is 17.3 Å². The fraction of sp³-hybridized carbons (Fsp3) is 0.733. The zero-order valence-corrected chi connectivity index (χ0v) is 13.3. The average molecular weight is 297 g/mol. The molecule has 1 aliphatic rings. The molecule has 0 radical (unpaired) electrons. The van der Waals surface area contributed by atoms with Crippen LogP contribution in [0.1, 0.15) is 45.1 Å². The Morgan fingerprint density at radius 2 is 2.05 bits per heavy atom. The normalized spacial score (nSPS) is 17.9. The Kier molecular flexibility index (Phi) is 6.05. The van der Waals surface area contributed by atoms with Gasteiger partial charge in [0, 0.05) is 18.2 Å². The minimum atomic E-state index is 0.526. The van der Waals surface area contributed by atoms with Crippen molar-refractivity contribution in [1.82, 2.24) is 14.9 Å². The van der Waals surface area contributed by atoms with Crippen molar-refractivity contribution in [2.24, 2.45) is 0 Å². The fourth-order valence-corrected chi connectivity index (χ4v) is 2.97. The topological polar surface area (TPSA) is 41.1 Å². The smallest absolute Gasteiger partial charge is 0.137 e. The van der Waals surface area contributed by atoms with Gasteiger partial charge in [-0.3, -0.25) is 4.90 Å². The largest absolute Gasteiger partial charge is 0.368 e. The van der Waals surface area contributed by atoms with E-state index in [1.165, 1.54) is 38.7 Å². The van der Waals surface area contributed by atoms with Crippen LogP contribution in [0.4, 0.5) is 5.82 Å². The molecule has 0 aromatic carbocycles. The molecule has 1 unspecified atom stereocenters. The summed E-state index contributed by atoms with van der Waals surface area (Å²) in [7, 11) is 0. The summed E-state index contributed by atoms with van der Waals surface area (Å²) < 4.78 is 0. The molecular formula is C15H25ClN4. The monoisotopic (exact) mass is 296 g/mol. The van der Waals surface area contributed by atoms with E-state index in [4.69, 9.17) is 11.6 Å². The number of piperidine rings is 1. The van der Waals surface area contributed by atoms with Crippen LogP contribution in [0.5, 0.6) is 0 Å². The molecule has 0 spiro atoms. The van der Waals surface area contributed by atoms with Gasteiger partial charge in [-0.2, -0.15) is 0 Å². The first-order chi connectivity index (χ1) is 9.72. The predicted molar refractivity (Wildman–Crippen MR) is 84.4 cm³/mol. The summed E-state index contributed by atoms with van der Waals surface area (Å²) >= 11 is 6.17. The van der Waals surface area contributed by atoms with Crippen LogP contribution in [0, 0.1) is 0 Å². The van der Waals surface area contributed by atoms with Crippen LogP contribution in [0.3, 0.4) is 0 Å². The van der Waals surface area contributed by atoms with E-state index in [2.05, 4.69) is 34.0 Å². The third-order valence-electron chi connectivity index (χ3n) is 3.97. The molecule has 1 aromatic rings. The highest BCUT2D eigenvalue weighted by molar-refractivity contribution is 6.30. The van der Waals surface area contributed by atoms with Gasteiger partial charge in [0.15, 0.2) is 0 Å². The molecule has 0 bridgehead atoms. The third-order valence-corrected chi connectivity index (χ3v) is 4.30. The van der Waals surface area contributed by atoms with Crippen LogP contribution in [0.25, 0.3) is 0 Å². The Labute approximate surface area is 126 Å². The van der Waals surface area contributed by atoms with Gasteiger partial charge in [-0.05, 0) is 39.3 Å². The molecule has 1 fully saturated rings. The highest BCUT2D eigenvalue weighted by Crippen LogP contribution is 2.21. The SMILES string of the molecule is CCCc1c(Cl)ncnc1NCC(C)N1CCCCC1. The summed E-state index contributed by atoms with van der Waals surface area (Å²) in [6, 6.07) is 0.526. The summed E-state index contributed by atoms with van der Waals surface area (Å²) in [6.45, 7) is 7.76. The number of hydrogen-bond acceptors (Lipinski definition) is 4. The van der Waals surface area contributed by atoms with Crippen molar-refractivity contribution in [2.75, 3.05) is 25.0 Å². The molecule has 2 heterocycles. The summed E-state index contributed by atoms with van der Waals surface area (Å²) in [5.41, 5.74) is 1.04. The first-order valence-electron chi connectivity index (χ1n) is 7.69. The highest BCUT2D eigenvalue weighted by Gasteiger charge is 2.17. The molecular weight excluding hydrogens is 272 g/mol. The number of aromatic nitrogens is 2. The molecule has 0 saturated carbocycles. The molecule has 2 rings (SSSR count). The molecule has 112 valence electrons. The second-order valence-corrected chi connectivity index (χ2v) is 5.93. The first-order valence-corrected chi connectivity index (χ1v) is 8.07. The number of anilines is 1. The molecule has 1 aliphatic heterocycles. The van der Waals surface area contributed by atoms with Crippen LogP contribution in [0.2, 0.25) is 5.15 Å². The summed E-state index contributed by atoms with van der Waals surface area (Å²) in [6.07, 6.45) is 7.52. The summed E-state index contributed by atoms with van der Waals surface area (Å²) in [5, 5.41) is 4.04. The number of nitrogens with zero attached hydrogens (tertiary/aromatic N) is 3. The van der Waals surface area contributed by atoms with E-state index in [0.717, 1.165) is 30.8 Å². The first kappa shape index (κ1) is 15.5. The molecule has 1 saturated heterocycles. The Balaban J connectivity index is 1.94. The molecule has 20 heavy (non-hydrogen) atoms. The van der Waals surface area contributed by atoms with Crippen molar-refractivity contribution in [1.29, 1.82) is 0 Å². The molecule has 5 heteroatoms. The zero-order chi connectivity index (χ0) is 14.4. The van der Waals surface area contributed by atoms with E-state index < -0.39 is 0 Å². The van der Waals surface area contributed by atoms with Crippen LogP contribution in [-0.4, -0.2) is 40.5 Å². The van der Waals surface area contributed by atoms with Crippen LogP contribution in [-0.2, 0) is 6.42 Å². The Bertz CT molecular complexity index is 418. The fourth-order valence-electron chi connectivity index (χ4n) is 2.75. The van der Waals surface area contributed by atoms with Gasteiger partial charge in [-0.15, -0.1) is 0 Å². The number of hydrogen-bond donors (Lipinski definition) is 1. The van der Waals surface area contributed by atoms with Crippen LogP contribution in [0.15, 0.2) is 6.33 Å². The number of rotatable bonds is 6. The Hall–Kier alpha value is -0.870. The predicted octanol–water partition coefficient (Wildman–Crippen LogP) is 3.37. The maximum absolute atomic E-state index is 6.17. The van der Waals surface area contributed by atoms with E-state index in [1.807, 2.05) is 0 Å². The van der Waals surface area contributed by atoms with Crippen LogP contribution >= 0.6 is 11.6 Å². The minimum absolute atomic E-state index is 0.526. The van der Waals surface area contributed by atoms with Gasteiger partial charge in [-0.1, -0.05) is 31.4 Å². The van der Waals surface area contributed by atoms with Gasteiger partial charge in [0.2, 0.25) is 0 Å². The lowest BCUT2D eigenvalue weighted by atomic mass is 10.1. The zero-order valence-electron chi connectivity index (χ0n) is 12.5. The van der Waals surface area contributed by atoms with Crippen LogP contribution < -0.4 is 5.32 Å². The lowest BCUT2D eigenvalue weighted by Gasteiger charge is -2.32. The van der Waals surface area contributed by atoms with Gasteiger partial charge < -0.3 is 5.32 Å². The lowest BCUT2D eigenvalue weighted by molar-refractivity contribution is 0.180. The molecule has 1 atom stereocenters. The Morgan fingerprint density at radius 1 is 1.30 bits per heavy atom. The molecule has 1 N–H and O–H groups in total. The van der Waals surface area contributed by atoms with Gasteiger partial charge in [-0.25, -0.2) is 9.97 Å². The number of halogens is 1. The highest BCUT2D eigenvalue weighted by atomic mass is 35.5. The second kappa shape index (κ2) is 7.79. The van der Waals surface area contributed by atoms with Crippen molar-refractivity contribution >= 4 is 17.4 Å². The maximum Gasteiger partial charge on any atom is 0.137 e. The summed E-state index contributed by atoms with van der Waals surface area (Å²) in [4.78, 5) is 11.0. The second-order valence-electron chi connectivity index (χ2n) is 5.57. The van der Waals surface area contributed by atoms with E-state index in [-0.39, 0.29) is 0 Å². The molecule has 0 aliphatic carbocycles. The van der Waals surface area contributed by atoms with Crippen molar-refractivity contribution in [2.45, 2.75) is 52.0 Å². The van der Waals surface area contributed by atoms with Crippen molar-refractivity contribution in [3.8, 4) is 0 Å². The van der Waals surface area contributed by atoms with Crippen molar-refractivity contribution in [3.05, 3.63) is 17.0 Å². The van der Waals surface area contributed by atoms with Gasteiger partial charge in [0.25, 0.3) is 0 Å². The quantitative estimate of drug-likeness (QED) is 0.817. The van der Waals surface area contributed by atoms with E-state index in [0.29, 0.717) is 11.2 Å².